The third-order valence-electron chi connectivity index (χ3n) is 3.63. The van der Waals surface area contributed by atoms with Crippen LogP contribution in [0.15, 0.2) is 29.6 Å². The van der Waals surface area contributed by atoms with Gasteiger partial charge in [-0.25, -0.2) is 4.98 Å². The maximum absolute atomic E-state index is 5.60. The average molecular weight is 303 g/mol. The summed E-state index contributed by atoms with van der Waals surface area (Å²) < 4.78 is 0. The highest BCUT2D eigenvalue weighted by atomic mass is 32.1. The molecule has 2 N–H and O–H groups in total. The van der Waals surface area contributed by atoms with E-state index in [1.54, 1.807) is 11.3 Å². The van der Waals surface area contributed by atoms with Crippen molar-refractivity contribution in [1.82, 2.24) is 4.98 Å². The van der Waals surface area contributed by atoms with Crippen LogP contribution in [0.2, 0.25) is 0 Å². The summed E-state index contributed by atoms with van der Waals surface area (Å²) in [7, 11) is 4.13. The molecule has 2 rings (SSSR count). The first kappa shape index (κ1) is 16.0. The molecule has 0 radical (unpaired) electrons. The molecule has 4 heteroatoms. The number of hydrogen-bond donors (Lipinski definition) is 1. The van der Waals surface area contributed by atoms with E-state index >= 15 is 0 Å². The van der Waals surface area contributed by atoms with Crippen molar-refractivity contribution in [1.29, 1.82) is 0 Å². The van der Waals surface area contributed by atoms with E-state index in [0.29, 0.717) is 6.54 Å². The van der Waals surface area contributed by atoms with Crippen LogP contribution in [0.1, 0.15) is 30.1 Å². The second kappa shape index (κ2) is 6.58. The molecule has 1 aromatic heterocycles. The lowest BCUT2D eigenvalue weighted by Crippen LogP contribution is -2.20. The molecule has 1 aromatic carbocycles. The summed E-state index contributed by atoms with van der Waals surface area (Å²) in [5.41, 5.74) is 9.35. The Balaban J connectivity index is 2.11. The second-order valence-electron chi connectivity index (χ2n) is 6.30. The maximum Gasteiger partial charge on any atom is 0.0987 e. The largest absolute Gasteiger partial charge is 0.378 e. The number of rotatable bonds is 6. The topological polar surface area (TPSA) is 42.2 Å². The number of aromatic nitrogens is 1. The van der Waals surface area contributed by atoms with Crippen LogP contribution in [-0.4, -0.2) is 25.6 Å². The molecule has 0 saturated carbocycles. The summed E-state index contributed by atoms with van der Waals surface area (Å²) >= 11 is 1.75. The Morgan fingerprint density at radius 3 is 2.43 bits per heavy atom. The fourth-order valence-electron chi connectivity index (χ4n) is 2.38. The van der Waals surface area contributed by atoms with E-state index in [4.69, 9.17) is 10.7 Å². The number of nitrogens with two attached hydrogens (primary N) is 1. The lowest BCUT2D eigenvalue weighted by Gasteiger charge is -2.22. The van der Waals surface area contributed by atoms with Crippen molar-refractivity contribution in [2.24, 2.45) is 5.73 Å². The van der Waals surface area contributed by atoms with Gasteiger partial charge >= 0.3 is 0 Å². The Morgan fingerprint density at radius 1 is 1.19 bits per heavy atom. The van der Waals surface area contributed by atoms with Gasteiger partial charge in [0, 0.05) is 37.0 Å². The third-order valence-corrected chi connectivity index (χ3v) is 4.89. The van der Waals surface area contributed by atoms with Crippen LogP contribution >= 0.6 is 11.3 Å². The molecule has 0 unspecified atom stereocenters. The fraction of sp³-hybridized carbons (Fsp3) is 0.471. The van der Waals surface area contributed by atoms with Crippen molar-refractivity contribution in [3.8, 4) is 0 Å². The Kier molecular flexibility index (Phi) is 5.01. The quantitative estimate of drug-likeness (QED) is 0.891. The maximum atomic E-state index is 5.60. The zero-order chi connectivity index (χ0) is 15.5. The predicted molar refractivity (Wildman–Crippen MR) is 92.4 cm³/mol. The molecule has 0 spiro atoms. The van der Waals surface area contributed by atoms with E-state index in [9.17, 15) is 0 Å². The number of benzene rings is 1. The van der Waals surface area contributed by atoms with Gasteiger partial charge in [-0.3, -0.25) is 0 Å². The lowest BCUT2D eigenvalue weighted by molar-refractivity contribution is 0.517. The van der Waals surface area contributed by atoms with Crippen molar-refractivity contribution < 1.29 is 0 Å². The van der Waals surface area contributed by atoms with Crippen molar-refractivity contribution in [2.45, 2.75) is 32.1 Å². The molecule has 114 valence electrons. The summed E-state index contributed by atoms with van der Waals surface area (Å²) in [5, 5.41) is 3.33. The molecule has 21 heavy (non-hydrogen) atoms. The molecule has 0 atom stereocenters. The number of anilines is 1. The standard InChI is InChI=1S/C17H25N3S/c1-17(2,16-19-14(9-10-18)12-21-16)11-13-5-7-15(8-6-13)20(3)4/h5-8,12H,9-11,18H2,1-4H3. The van der Waals surface area contributed by atoms with Gasteiger partial charge < -0.3 is 10.6 Å². The molecule has 3 nitrogen and oxygen atoms in total. The van der Waals surface area contributed by atoms with Gasteiger partial charge in [0.05, 0.1) is 10.7 Å². The Morgan fingerprint density at radius 2 is 1.86 bits per heavy atom. The molecule has 0 saturated heterocycles. The van der Waals surface area contributed by atoms with Crippen LogP contribution in [0.3, 0.4) is 0 Å². The summed E-state index contributed by atoms with van der Waals surface area (Å²) in [6.45, 7) is 5.19. The Hall–Kier alpha value is -1.39. The van der Waals surface area contributed by atoms with Gasteiger partial charge in [0.25, 0.3) is 0 Å². The number of thiazole rings is 1. The predicted octanol–water partition coefficient (Wildman–Crippen LogP) is 3.23. The van der Waals surface area contributed by atoms with Crippen LogP contribution in [-0.2, 0) is 18.3 Å². The van der Waals surface area contributed by atoms with Crippen LogP contribution in [0, 0.1) is 0 Å². The summed E-state index contributed by atoms with van der Waals surface area (Å²) in [5.74, 6) is 0. The van der Waals surface area contributed by atoms with E-state index < -0.39 is 0 Å². The van der Waals surface area contributed by atoms with Gasteiger partial charge in [-0.05, 0) is 30.7 Å². The van der Waals surface area contributed by atoms with Gasteiger partial charge in [-0.2, -0.15) is 0 Å². The average Bonchev–Trinajstić information content (AvgIpc) is 2.89. The lowest BCUT2D eigenvalue weighted by atomic mass is 9.86. The molecule has 0 fully saturated rings. The molecule has 0 aliphatic carbocycles. The first-order valence-corrected chi connectivity index (χ1v) is 8.21. The van der Waals surface area contributed by atoms with Crippen molar-refractivity contribution in [3.63, 3.8) is 0 Å². The van der Waals surface area contributed by atoms with Crippen molar-refractivity contribution >= 4 is 17.0 Å². The molecule has 0 aliphatic heterocycles. The Labute approximate surface area is 131 Å². The minimum atomic E-state index is 0.0527. The van der Waals surface area contributed by atoms with Crippen LogP contribution in [0.25, 0.3) is 0 Å². The SMILES string of the molecule is CN(C)c1ccc(CC(C)(C)c2nc(CCN)cs2)cc1. The van der Waals surface area contributed by atoms with E-state index in [1.165, 1.54) is 16.3 Å². The summed E-state index contributed by atoms with van der Waals surface area (Å²) in [4.78, 5) is 6.86. The summed E-state index contributed by atoms with van der Waals surface area (Å²) in [6.07, 6.45) is 1.86. The monoisotopic (exact) mass is 303 g/mol. The molecule has 0 amide bonds. The molecule has 1 heterocycles. The van der Waals surface area contributed by atoms with E-state index in [0.717, 1.165) is 18.5 Å². The van der Waals surface area contributed by atoms with Gasteiger partial charge in [0.2, 0.25) is 0 Å². The van der Waals surface area contributed by atoms with Gasteiger partial charge in [-0.1, -0.05) is 26.0 Å². The normalized spacial score (nSPS) is 11.7. The van der Waals surface area contributed by atoms with Gasteiger partial charge in [0.15, 0.2) is 0 Å². The van der Waals surface area contributed by atoms with E-state index in [-0.39, 0.29) is 5.41 Å². The molecule has 0 bridgehead atoms. The van der Waals surface area contributed by atoms with Gasteiger partial charge in [0.1, 0.15) is 0 Å². The minimum absolute atomic E-state index is 0.0527. The second-order valence-corrected chi connectivity index (χ2v) is 7.16. The highest BCUT2D eigenvalue weighted by Crippen LogP contribution is 2.30. The Bertz CT molecular complexity index is 570. The zero-order valence-corrected chi connectivity index (χ0v) is 14.2. The van der Waals surface area contributed by atoms with Crippen LogP contribution in [0.5, 0.6) is 0 Å². The fourth-order valence-corrected chi connectivity index (χ4v) is 3.36. The molecular weight excluding hydrogens is 278 g/mol. The minimum Gasteiger partial charge on any atom is -0.378 e. The van der Waals surface area contributed by atoms with Crippen molar-refractivity contribution in [3.05, 3.63) is 45.9 Å². The highest BCUT2D eigenvalue weighted by molar-refractivity contribution is 7.09. The first-order valence-electron chi connectivity index (χ1n) is 7.33. The third kappa shape index (κ3) is 4.05. The molecule has 0 aliphatic rings. The highest BCUT2D eigenvalue weighted by Gasteiger charge is 2.24. The van der Waals surface area contributed by atoms with E-state index in [1.807, 2.05) is 0 Å². The van der Waals surface area contributed by atoms with Crippen LogP contribution in [0.4, 0.5) is 5.69 Å². The molecular formula is C17H25N3S. The smallest absolute Gasteiger partial charge is 0.0987 e. The van der Waals surface area contributed by atoms with E-state index in [2.05, 4.69) is 62.5 Å². The number of hydrogen-bond acceptors (Lipinski definition) is 4. The van der Waals surface area contributed by atoms with Gasteiger partial charge in [-0.15, -0.1) is 11.3 Å². The number of nitrogens with zero attached hydrogens (tertiary/aromatic N) is 2. The van der Waals surface area contributed by atoms with Crippen molar-refractivity contribution in [2.75, 3.05) is 25.5 Å². The van der Waals surface area contributed by atoms with Crippen LogP contribution < -0.4 is 10.6 Å². The zero-order valence-electron chi connectivity index (χ0n) is 13.4. The molecule has 2 aromatic rings. The first-order chi connectivity index (χ1) is 9.92. The summed E-state index contributed by atoms with van der Waals surface area (Å²) in [6, 6.07) is 8.77.